The molecule has 20 heavy (non-hydrogen) atoms. The molecular weight excluding hydrogens is 258 g/mol. The fraction of sp³-hybridized carbons (Fsp3) is 0.867. The van der Waals surface area contributed by atoms with E-state index < -0.39 is 11.9 Å². The van der Waals surface area contributed by atoms with Crippen LogP contribution in [0.3, 0.4) is 0 Å². The van der Waals surface area contributed by atoms with Gasteiger partial charge in [-0.2, -0.15) is 0 Å². The molecule has 1 amide bonds. The van der Waals surface area contributed by atoms with Gasteiger partial charge in [0.1, 0.15) is 0 Å². The molecule has 2 rings (SSSR count). The number of ether oxygens (including phenoxy) is 1. The number of hydrogen-bond donors (Lipinski definition) is 2. The number of carbonyl (C=O) groups is 2. The molecule has 0 bridgehead atoms. The predicted octanol–water partition coefficient (Wildman–Crippen LogP) is 1.95. The number of rotatable bonds is 6. The molecule has 2 N–H and O–H groups in total. The van der Waals surface area contributed by atoms with Crippen molar-refractivity contribution in [2.24, 2.45) is 11.8 Å². The Morgan fingerprint density at radius 3 is 2.60 bits per heavy atom. The Bertz CT molecular complexity index is 339. The highest BCUT2D eigenvalue weighted by Gasteiger charge is 2.33. The van der Waals surface area contributed by atoms with Crippen molar-refractivity contribution in [3.05, 3.63) is 0 Å². The van der Waals surface area contributed by atoms with Gasteiger partial charge in [0, 0.05) is 25.7 Å². The highest BCUT2D eigenvalue weighted by molar-refractivity contribution is 5.78. The summed E-state index contributed by atoms with van der Waals surface area (Å²) in [5.74, 6) is -0.477. The van der Waals surface area contributed by atoms with Crippen molar-refractivity contribution in [1.82, 2.24) is 5.32 Å². The maximum Gasteiger partial charge on any atom is 0.308 e. The molecule has 2 fully saturated rings. The molecule has 5 heteroatoms. The maximum atomic E-state index is 11.9. The first-order valence-corrected chi connectivity index (χ1v) is 7.76. The summed E-state index contributed by atoms with van der Waals surface area (Å²) in [4.78, 5) is 22.9. The van der Waals surface area contributed by atoms with Gasteiger partial charge in [0.05, 0.1) is 5.92 Å². The van der Waals surface area contributed by atoms with Crippen LogP contribution in [0.5, 0.6) is 0 Å². The highest BCUT2D eigenvalue weighted by atomic mass is 16.5. The first kappa shape index (κ1) is 15.3. The van der Waals surface area contributed by atoms with Gasteiger partial charge in [-0.15, -0.1) is 0 Å². The SMILES string of the molecule is O=C(CCCC1CCOCC1)N[C@H]1CCC[C@H]1C(=O)O. The Labute approximate surface area is 120 Å². The van der Waals surface area contributed by atoms with E-state index in [1.807, 2.05) is 0 Å². The minimum atomic E-state index is -0.782. The van der Waals surface area contributed by atoms with Gasteiger partial charge in [0.25, 0.3) is 0 Å². The molecule has 114 valence electrons. The van der Waals surface area contributed by atoms with Gasteiger partial charge < -0.3 is 15.2 Å². The molecule has 0 radical (unpaired) electrons. The van der Waals surface area contributed by atoms with Gasteiger partial charge in [0.15, 0.2) is 0 Å². The summed E-state index contributed by atoms with van der Waals surface area (Å²) >= 11 is 0. The molecule has 1 heterocycles. The molecule has 0 aromatic rings. The molecule has 1 saturated heterocycles. The van der Waals surface area contributed by atoms with E-state index in [1.165, 1.54) is 0 Å². The number of nitrogens with one attached hydrogen (secondary N) is 1. The zero-order chi connectivity index (χ0) is 14.4. The van der Waals surface area contributed by atoms with Crippen LogP contribution in [-0.2, 0) is 14.3 Å². The molecular formula is C15H25NO4. The lowest BCUT2D eigenvalue weighted by Gasteiger charge is -2.22. The Balaban J connectivity index is 1.63. The van der Waals surface area contributed by atoms with Crippen molar-refractivity contribution in [1.29, 1.82) is 0 Å². The van der Waals surface area contributed by atoms with E-state index in [-0.39, 0.29) is 11.9 Å². The van der Waals surface area contributed by atoms with Crippen LogP contribution in [0.15, 0.2) is 0 Å². The third-order valence-corrected chi connectivity index (χ3v) is 4.54. The molecule has 2 atom stereocenters. The largest absolute Gasteiger partial charge is 0.481 e. The minimum Gasteiger partial charge on any atom is -0.481 e. The predicted molar refractivity (Wildman–Crippen MR) is 74.3 cm³/mol. The van der Waals surface area contributed by atoms with Crippen molar-refractivity contribution >= 4 is 11.9 Å². The lowest BCUT2D eigenvalue weighted by atomic mass is 9.94. The topological polar surface area (TPSA) is 75.6 Å². The van der Waals surface area contributed by atoms with Gasteiger partial charge in [-0.25, -0.2) is 0 Å². The Morgan fingerprint density at radius 2 is 1.90 bits per heavy atom. The monoisotopic (exact) mass is 283 g/mol. The van der Waals surface area contributed by atoms with E-state index >= 15 is 0 Å². The fourth-order valence-corrected chi connectivity index (χ4v) is 3.29. The molecule has 0 unspecified atom stereocenters. The number of carbonyl (C=O) groups excluding carboxylic acids is 1. The number of hydrogen-bond acceptors (Lipinski definition) is 3. The van der Waals surface area contributed by atoms with Gasteiger partial charge in [0.2, 0.25) is 5.91 Å². The van der Waals surface area contributed by atoms with Crippen LogP contribution < -0.4 is 5.32 Å². The minimum absolute atomic E-state index is 0.00945. The molecule has 0 aromatic heterocycles. The number of carboxylic acids is 1. The summed E-state index contributed by atoms with van der Waals surface area (Å²) in [5, 5.41) is 12.0. The van der Waals surface area contributed by atoms with Crippen molar-refractivity contribution in [2.75, 3.05) is 13.2 Å². The molecule has 1 aliphatic carbocycles. The Morgan fingerprint density at radius 1 is 1.15 bits per heavy atom. The van der Waals surface area contributed by atoms with Crippen LogP contribution in [0, 0.1) is 11.8 Å². The molecule has 0 aromatic carbocycles. The van der Waals surface area contributed by atoms with E-state index in [0.29, 0.717) is 18.8 Å². The molecule has 1 aliphatic heterocycles. The van der Waals surface area contributed by atoms with Crippen molar-refractivity contribution in [2.45, 2.75) is 57.4 Å². The van der Waals surface area contributed by atoms with E-state index in [4.69, 9.17) is 9.84 Å². The second-order valence-corrected chi connectivity index (χ2v) is 6.00. The lowest BCUT2D eigenvalue weighted by molar-refractivity contribution is -0.142. The summed E-state index contributed by atoms with van der Waals surface area (Å²) < 4.78 is 5.32. The Kier molecular flexibility index (Phi) is 5.83. The smallest absolute Gasteiger partial charge is 0.308 e. The molecule has 0 spiro atoms. The zero-order valence-corrected chi connectivity index (χ0v) is 12.0. The number of carboxylic acid groups (broad SMARTS) is 1. The van der Waals surface area contributed by atoms with Crippen LogP contribution in [0.25, 0.3) is 0 Å². The van der Waals surface area contributed by atoms with Crippen molar-refractivity contribution in [3.63, 3.8) is 0 Å². The van der Waals surface area contributed by atoms with Crippen LogP contribution in [0.2, 0.25) is 0 Å². The van der Waals surface area contributed by atoms with E-state index in [2.05, 4.69) is 5.32 Å². The highest BCUT2D eigenvalue weighted by Crippen LogP contribution is 2.26. The fourth-order valence-electron chi connectivity index (χ4n) is 3.29. The van der Waals surface area contributed by atoms with Crippen molar-refractivity contribution in [3.8, 4) is 0 Å². The third-order valence-electron chi connectivity index (χ3n) is 4.54. The second-order valence-electron chi connectivity index (χ2n) is 6.00. The number of amides is 1. The second kappa shape index (κ2) is 7.62. The van der Waals surface area contributed by atoms with Crippen LogP contribution in [0.1, 0.15) is 51.4 Å². The first-order chi connectivity index (χ1) is 9.66. The molecule has 5 nitrogen and oxygen atoms in total. The van der Waals surface area contributed by atoms with Gasteiger partial charge in [-0.3, -0.25) is 9.59 Å². The number of aliphatic carboxylic acids is 1. The average molecular weight is 283 g/mol. The average Bonchev–Trinajstić information content (AvgIpc) is 2.88. The summed E-state index contributed by atoms with van der Waals surface area (Å²) in [6, 6.07) is -0.164. The Hall–Kier alpha value is -1.10. The third kappa shape index (κ3) is 4.47. The normalized spacial score (nSPS) is 27.4. The van der Waals surface area contributed by atoms with E-state index in [9.17, 15) is 9.59 Å². The van der Waals surface area contributed by atoms with E-state index in [1.54, 1.807) is 0 Å². The van der Waals surface area contributed by atoms with Gasteiger partial charge in [-0.1, -0.05) is 6.42 Å². The summed E-state index contributed by atoms with van der Waals surface area (Å²) in [7, 11) is 0. The molecule has 2 aliphatic rings. The van der Waals surface area contributed by atoms with Crippen LogP contribution >= 0.6 is 0 Å². The zero-order valence-electron chi connectivity index (χ0n) is 12.0. The first-order valence-electron chi connectivity index (χ1n) is 7.76. The summed E-state index contributed by atoms with van der Waals surface area (Å²) in [6.07, 6.45) is 7.05. The van der Waals surface area contributed by atoms with Gasteiger partial charge >= 0.3 is 5.97 Å². The quantitative estimate of drug-likeness (QED) is 0.781. The summed E-state index contributed by atoms with van der Waals surface area (Å²) in [6.45, 7) is 1.69. The van der Waals surface area contributed by atoms with Crippen molar-refractivity contribution < 1.29 is 19.4 Å². The molecule has 1 saturated carbocycles. The van der Waals surface area contributed by atoms with E-state index in [0.717, 1.165) is 51.7 Å². The summed E-state index contributed by atoms with van der Waals surface area (Å²) in [5.41, 5.74) is 0. The standard InChI is InChI=1S/C15H25NO4/c17-14(6-1-3-11-7-9-20-10-8-11)16-13-5-2-4-12(13)15(18)19/h11-13H,1-10H2,(H,16,17)(H,18,19)/t12-,13+/m1/s1. The maximum absolute atomic E-state index is 11.9. The lowest BCUT2D eigenvalue weighted by Crippen LogP contribution is -2.40. The van der Waals surface area contributed by atoms with Crippen LogP contribution in [-0.4, -0.2) is 36.2 Å². The van der Waals surface area contributed by atoms with Gasteiger partial charge in [-0.05, 0) is 44.4 Å². The van der Waals surface area contributed by atoms with Crippen LogP contribution in [0.4, 0.5) is 0 Å².